The first-order valence-corrected chi connectivity index (χ1v) is 13.2. The van der Waals surface area contributed by atoms with Crippen LogP contribution in [0.15, 0.2) is 24.8 Å². The van der Waals surface area contributed by atoms with Gasteiger partial charge >= 0.3 is 0 Å². The van der Waals surface area contributed by atoms with Crippen molar-refractivity contribution in [3.8, 4) is 0 Å². The summed E-state index contributed by atoms with van der Waals surface area (Å²) in [6.45, 7) is 6.40. The van der Waals surface area contributed by atoms with Gasteiger partial charge in [0.25, 0.3) is 0 Å². The van der Waals surface area contributed by atoms with E-state index in [1.54, 1.807) is 4.31 Å². The Morgan fingerprint density at radius 1 is 1.07 bits per heavy atom. The van der Waals surface area contributed by atoms with Gasteiger partial charge in [0.2, 0.25) is 10.0 Å². The Morgan fingerprint density at radius 2 is 1.90 bits per heavy atom. The first-order chi connectivity index (χ1) is 13.7. The summed E-state index contributed by atoms with van der Waals surface area (Å²) in [5.41, 5.74) is 1.98. The van der Waals surface area contributed by atoms with Crippen molar-refractivity contribution in [2.24, 2.45) is 34.5 Å². The molecule has 5 rings (SSSR count). The number of aromatic nitrogens is 2. The smallest absolute Gasteiger partial charge is 0.211 e. The Morgan fingerprint density at radius 3 is 2.62 bits per heavy atom. The Labute approximate surface area is 175 Å². The van der Waals surface area contributed by atoms with Crippen LogP contribution in [0.5, 0.6) is 0 Å². The van der Waals surface area contributed by atoms with Crippen LogP contribution in [-0.4, -0.2) is 41.6 Å². The summed E-state index contributed by atoms with van der Waals surface area (Å²) in [6.07, 6.45) is 18.1. The van der Waals surface area contributed by atoms with E-state index in [0.717, 1.165) is 24.7 Å². The predicted molar refractivity (Wildman–Crippen MR) is 115 cm³/mol. The van der Waals surface area contributed by atoms with Crippen molar-refractivity contribution < 1.29 is 8.42 Å². The molecule has 3 aliphatic carbocycles. The molecule has 1 unspecified atom stereocenters. The van der Waals surface area contributed by atoms with Crippen molar-refractivity contribution in [3.63, 3.8) is 0 Å². The van der Waals surface area contributed by atoms with Gasteiger partial charge in [-0.1, -0.05) is 19.9 Å². The number of rotatable bonds is 2. The Balaban J connectivity index is 1.42. The first-order valence-electron chi connectivity index (χ1n) is 11.4. The zero-order valence-electron chi connectivity index (χ0n) is 18.0. The second kappa shape index (κ2) is 6.68. The minimum absolute atomic E-state index is 0.245. The van der Waals surface area contributed by atoms with Crippen molar-refractivity contribution in [1.29, 1.82) is 0 Å². The van der Waals surface area contributed by atoms with Crippen molar-refractivity contribution in [2.45, 2.75) is 58.8 Å². The third-order valence-electron chi connectivity index (χ3n) is 9.48. The van der Waals surface area contributed by atoms with Crippen LogP contribution in [0.2, 0.25) is 0 Å². The molecular formula is C23H35N3O2S. The van der Waals surface area contributed by atoms with Gasteiger partial charge in [0.15, 0.2) is 0 Å². The normalized spacial score (nSPS) is 43.1. The van der Waals surface area contributed by atoms with Gasteiger partial charge in [-0.3, -0.25) is 0 Å². The molecule has 0 spiro atoms. The molecule has 6 heteroatoms. The summed E-state index contributed by atoms with van der Waals surface area (Å²) in [6, 6.07) is 0. The number of hydrogen-bond acceptors (Lipinski definition) is 3. The van der Waals surface area contributed by atoms with Crippen molar-refractivity contribution in [2.75, 3.05) is 19.3 Å². The highest BCUT2D eigenvalue weighted by molar-refractivity contribution is 7.88. The van der Waals surface area contributed by atoms with Gasteiger partial charge < -0.3 is 4.57 Å². The average Bonchev–Trinajstić information content (AvgIpc) is 3.24. The zero-order valence-corrected chi connectivity index (χ0v) is 18.9. The summed E-state index contributed by atoms with van der Waals surface area (Å²) in [7, 11) is -3.09. The molecule has 4 aliphatic rings. The molecule has 0 radical (unpaired) electrons. The van der Waals surface area contributed by atoms with E-state index in [1.165, 1.54) is 44.1 Å². The van der Waals surface area contributed by atoms with Crippen LogP contribution in [0.25, 0.3) is 5.70 Å². The maximum absolute atomic E-state index is 12.2. The van der Waals surface area contributed by atoms with Gasteiger partial charge in [-0.25, -0.2) is 17.7 Å². The first kappa shape index (κ1) is 19.8. The molecule has 0 aromatic carbocycles. The fraction of sp³-hybridized carbons (Fsp3) is 0.783. The van der Waals surface area contributed by atoms with E-state index in [-0.39, 0.29) is 10.8 Å². The van der Waals surface area contributed by atoms with Gasteiger partial charge in [0, 0.05) is 36.6 Å². The van der Waals surface area contributed by atoms with E-state index in [4.69, 9.17) is 0 Å². The van der Waals surface area contributed by atoms with E-state index in [2.05, 4.69) is 35.7 Å². The third kappa shape index (κ3) is 2.96. The lowest BCUT2D eigenvalue weighted by molar-refractivity contribution is -0.0799. The lowest BCUT2D eigenvalue weighted by Gasteiger charge is -2.58. The summed E-state index contributed by atoms with van der Waals surface area (Å²) in [5, 5.41) is 0. The number of nitrogens with zero attached hydrogens (tertiary/aromatic N) is 3. The quantitative estimate of drug-likeness (QED) is 0.723. The van der Waals surface area contributed by atoms with Gasteiger partial charge in [0.05, 0.1) is 12.6 Å². The van der Waals surface area contributed by atoms with E-state index >= 15 is 0 Å². The molecule has 1 aromatic rings. The summed E-state index contributed by atoms with van der Waals surface area (Å²) < 4.78 is 28.3. The van der Waals surface area contributed by atoms with Crippen LogP contribution < -0.4 is 0 Å². The van der Waals surface area contributed by atoms with Crippen molar-refractivity contribution in [3.05, 3.63) is 24.8 Å². The minimum atomic E-state index is -3.09. The summed E-state index contributed by atoms with van der Waals surface area (Å²) >= 11 is 0. The number of fused-ring (bicyclic) bond motifs is 5. The molecule has 6 atom stereocenters. The van der Waals surface area contributed by atoms with Gasteiger partial charge in [-0.15, -0.1) is 0 Å². The Hall–Kier alpha value is -1.14. The molecule has 2 heterocycles. The van der Waals surface area contributed by atoms with Gasteiger partial charge in [-0.2, -0.15) is 0 Å². The number of hydrogen-bond donors (Lipinski definition) is 0. The highest BCUT2D eigenvalue weighted by Crippen LogP contribution is 2.66. The molecule has 2 saturated carbocycles. The minimum Gasteiger partial charge on any atom is -0.310 e. The van der Waals surface area contributed by atoms with Crippen LogP contribution in [0.1, 0.15) is 58.8 Å². The Kier molecular flexibility index (Phi) is 4.56. The zero-order chi connectivity index (χ0) is 20.4. The second-order valence-corrected chi connectivity index (χ2v) is 12.6. The summed E-state index contributed by atoms with van der Waals surface area (Å²) in [4.78, 5) is 4.29. The SMILES string of the molecule is C[C@]12CCN(S(C)(=O)=O)CCC1CC[C@@H]1[C@@H]2CC[C@]2(C)C(n3ccnc3)=CC[C@@H]12. The van der Waals surface area contributed by atoms with E-state index in [0.29, 0.717) is 24.9 Å². The van der Waals surface area contributed by atoms with Crippen LogP contribution >= 0.6 is 0 Å². The second-order valence-electron chi connectivity index (χ2n) is 10.6. The molecule has 0 bridgehead atoms. The van der Waals surface area contributed by atoms with Crippen LogP contribution in [0, 0.1) is 34.5 Å². The number of imidazole rings is 1. The van der Waals surface area contributed by atoms with E-state index in [9.17, 15) is 8.42 Å². The monoisotopic (exact) mass is 417 g/mol. The fourth-order valence-electron chi connectivity index (χ4n) is 7.85. The molecule has 0 amide bonds. The molecule has 1 aliphatic heterocycles. The van der Waals surface area contributed by atoms with E-state index < -0.39 is 10.0 Å². The molecule has 1 saturated heterocycles. The predicted octanol–water partition coefficient (Wildman–Crippen LogP) is 4.25. The van der Waals surface area contributed by atoms with Crippen molar-refractivity contribution in [1.82, 2.24) is 13.9 Å². The maximum Gasteiger partial charge on any atom is 0.211 e. The van der Waals surface area contributed by atoms with Crippen molar-refractivity contribution >= 4 is 15.7 Å². The molecule has 0 N–H and O–H groups in total. The fourth-order valence-corrected chi connectivity index (χ4v) is 8.71. The number of allylic oxidation sites excluding steroid dienone is 2. The molecule has 3 fully saturated rings. The molecule has 160 valence electrons. The topological polar surface area (TPSA) is 55.2 Å². The highest BCUT2D eigenvalue weighted by atomic mass is 32.2. The third-order valence-corrected chi connectivity index (χ3v) is 10.8. The maximum atomic E-state index is 12.2. The lowest BCUT2D eigenvalue weighted by Crippen LogP contribution is -2.51. The largest absolute Gasteiger partial charge is 0.310 e. The van der Waals surface area contributed by atoms with Crippen LogP contribution in [-0.2, 0) is 10.0 Å². The van der Waals surface area contributed by atoms with E-state index in [1.807, 2.05) is 12.5 Å². The highest BCUT2D eigenvalue weighted by Gasteiger charge is 2.58. The van der Waals surface area contributed by atoms with Gasteiger partial charge in [0.1, 0.15) is 0 Å². The molecule has 29 heavy (non-hydrogen) atoms. The lowest BCUT2D eigenvalue weighted by atomic mass is 9.46. The van der Waals surface area contributed by atoms with Gasteiger partial charge in [-0.05, 0) is 74.0 Å². The Bertz CT molecular complexity index is 909. The summed E-state index contributed by atoms with van der Waals surface area (Å²) in [5.74, 6) is 2.87. The molecular weight excluding hydrogens is 382 g/mol. The van der Waals surface area contributed by atoms with Crippen LogP contribution in [0.3, 0.4) is 0 Å². The molecule has 1 aromatic heterocycles. The standard InChI is InChI=1S/C23H35N3O2S/c1-22-11-14-26(29(3,27)28)13-9-17(22)4-5-18-19-6-7-21(25-15-12-24-16-25)23(19,2)10-8-20(18)22/h7,12,15-20H,4-6,8-11,13-14H2,1-3H3/t17?,18-,19-,20-,22-,23-/m0/s1. The molecule has 5 nitrogen and oxygen atoms in total. The van der Waals surface area contributed by atoms with Crippen LogP contribution in [0.4, 0.5) is 0 Å². The number of sulfonamides is 1. The average molecular weight is 418 g/mol.